The third-order valence-electron chi connectivity index (χ3n) is 2.95. The van der Waals surface area contributed by atoms with E-state index >= 15 is 0 Å². The molecule has 1 N–H and O–H groups in total. The Bertz CT molecular complexity index is 359. The number of hydrogen-bond acceptors (Lipinski definition) is 2. The Morgan fingerprint density at radius 2 is 2.27 bits per heavy atom. The zero-order chi connectivity index (χ0) is 10.8. The van der Waals surface area contributed by atoms with Crippen LogP contribution >= 0.6 is 11.8 Å². The highest BCUT2D eigenvalue weighted by Crippen LogP contribution is 2.30. The lowest BCUT2D eigenvalue weighted by atomic mass is 10.0. The van der Waals surface area contributed by atoms with Crippen LogP contribution in [0.4, 0.5) is 4.39 Å². The molecule has 82 valence electrons. The van der Waals surface area contributed by atoms with Crippen molar-refractivity contribution in [2.24, 2.45) is 0 Å². The maximum atomic E-state index is 13.8. The monoisotopic (exact) mass is 225 g/mol. The molecule has 0 saturated carbocycles. The highest BCUT2D eigenvalue weighted by atomic mass is 32.2. The van der Waals surface area contributed by atoms with E-state index < -0.39 is 0 Å². The van der Waals surface area contributed by atoms with Crippen molar-refractivity contribution in [3.8, 4) is 0 Å². The van der Waals surface area contributed by atoms with Gasteiger partial charge in [0.05, 0.1) is 0 Å². The molecule has 1 aliphatic rings. The summed E-state index contributed by atoms with van der Waals surface area (Å²) in [6.45, 7) is 2.97. The smallest absolute Gasteiger partial charge is 0.128 e. The second-order valence-electron chi connectivity index (χ2n) is 3.99. The molecule has 0 radical (unpaired) electrons. The van der Waals surface area contributed by atoms with Crippen LogP contribution in [-0.4, -0.2) is 12.8 Å². The lowest BCUT2D eigenvalue weighted by Crippen LogP contribution is -2.14. The second kappa shape index (κ2) is 4.54. The van der Waals surface area contributed by atoms with E-state index in [-0.39, 0.29) is 11.9 Å². The number of thioether (sulfide) groups is 1. The van der Waals surface area contributed by atoms with Crippen molar-refractivity contribution in [2.45, 2.75) is 30.7 Å². The molecule has 15 heavy (non-hydrogen) atoms. The van der Waals surface area contributed by atoms with Gasteiger partial charge in [0.15, 0.2) is 0 Å². The molecule has 0 aromatic heterocycles. The van der Waals surface area contributed by atoms with Crippen LogP contribution in [0.1, 0.15) is 30.0 Å². The molecular weight excluding hydrogens is 209 g/mol. The fraction of sp³-hybridized carbons (Fsp3) is 0.500. The summed E-state index contributed by atoms with van der Waals surface area (Å²) in [6, 6.07) is 3.87. The first kappa shape index (κ1) is 11.0. The van der Waals surface area contributed by atoms with Gasteiger partial charge in [0.1, 0.15) is 5.82 Å². The highest BCUT2D eigenvalue weighted by Gasteiger charge is 2.20. The average Bonchev–Trinajstić information content (AvgIpc) is 2.71. The lowest BCUT2D eigenvalue weighted by molar-refractivity contribution is 0.555. The van der Waals surface area contributed by atoms with Crippen LogP contribution in [0, 0.1) is 12.7 Å². The first-order valence-electron chi connectivity index (χ1n) is 5.30. The molecule has 1 fully saturated rings. The third kappa shape index (κ3) is 2.18. The zero-order valence-corrected chi connectivity index (χ0v) is 9.96. The second-order valence-corrected chi connectivity index (χ2v) is 4.84. The van der Waals surface area contributed by atoms with Crippen molar-refractivity contribution < 1.29 is 4.39 Å². The van der Waals surface area contributed by atoms with E-state index in [2.05, 4.69) is 5.32 Å². The van der Waals surface area contributed by atoms with E-state index in [0.717, 1.165) is 30.5 Å². The fourth-order valence-corrected chi connectivity index (χ4v) is 2.73. The summed E-state index contributed by atoms with van der Waals surface area (Å²) in [5.74, 6) is -0.0651. The van der Waals surface area contributed by atoms with Crippen molar-refractivity contribution in [2.75, 3.05) is 12.8 Å². The summed E-state index contributed by atoms with van der Waals surface area (Å²) >= 11 is 1.68. The van der Waals surface area contributed by atoms with Crippen molar-refractivity contribution >= 4 is 11.8 Å². The minimum atomic E-state index is -0.0651. The molecule has 1 unspecified atom stereocenters. The number of aryl methyl sites for hydroxylation is 1. The van der Waals surface area contributed by atoms with Gasteiger partial charge in [-0.3, -0.25) is 0 Å². The van der Waals surface area contributed by atoms with Crippen LogP contribution in [0.25, 0.3) is 0 Å². The van der Waals surface area contributed by atoms with Gasteiger partial charge in [-0.15, -0.1) is 11.8 Å². The standard InChI is InChI=1S/C12H16FNS/c1-8-6-10(13)9(7-12(8)15-2)11-4-3-5-14-11/h6-7,11,14H,3-5H2,1-2H3. The fourth-order valence-electron chi connectivity index (χ4n) is 2.11. The molecule has 1 aliphatic heterocycles. The minimum Gasteiger partial charge on any atom is -0.310 e. The van der Waals surface area contributed by atoms with Gasteiger partial charge < -0.3 is 5.32 Å². The number of nitrogens with one attached hydrogen (secondary N) is 1. The molecule has 0 aliphatic carbocycles. The predicted octanol–water partition coefficient (Wildman–Crippen LogP) is 3.28. The Labute approximate surface area is 94.5 Å². The van der Waals surface area contributed by atoms with Crippen molar-refractivity contribution in [1.29, 1.82) is 0 Å². The topological polar surface area (TPSA) is 12.0 Å². The van der Waals surface area contributed by atoms with Gasteiger partial charge in [0.25, 0.3) is 0 Å². The molecule has 1 aromatic carbocycles. The van der Waals surface area contributed by atoms with Gasteiger partial charge in [-0.05, 0) is 50.3 Å². The number of halogens is 1. The van der Waals surface area contributed by atoms with Crippen LogP contribution in [-0.2, 0) is 0 Å². The quantitative estimate of drug-likeness (QED) is 0.775. The van der Waals surface area contributed by atoms with Crippen LogP contribution in [0.5, 0.6) is 0 Å². The third-order valence-corrected chi connectivity index (χ3v) is 3.83. The van der Waals surface area contributed by atoms with E-state index in [1.165, 1.54) is 4.90 Å². The van der Waals surface area contributed by atoms with E-state index in [1.54, 1.807) is 17.8 Å². The number of rotatable bonds is 2. The molecule has 0 bridgehead atoms. The SMILES string of the molecule is CSc1cc(C2CCCN2)c(F)cc1C. The summed E-state index contributed by atoms with van der Waals surface area (Å²) in [5.41, 5.74) is 1.86. The maximum Gasteiger partial charge on any atom is 0.128 e. The predicted molar refractivity (Wildman–Crippen MR) is 62.9 cm³/mol. The molecule has 1 atom stereocenters. The largest absolute Gasteiger partial charge is 0.310 e. The van der Waals surface area contributed by atoms with E-state index in [4.69, 9.17) is 0 Å². The highest BCUT2D eigenvalue weighted by molar-refractivity contribution is 7.98. The molecule has 0 spiro atoms. The number of hydrogen-bond donors (Lipinski definition) is 1. The molecular formula is C12H16FNS. The van der Waals surface area contributed by atoms with E-state index in [0.29, 0.717) is 0 Å². The van der Waals surface area contributed by atoms with Gasteiger partial charge in [0, 0.05) is 16.5 Å². The van der Waals surface area contributed by atoms with Crippen LogP contribution in [0.15, 0.2) is 17.0 Å². The van der Waals surface area contributed by atoms with Crippen LogP contribution in [0.2, 0.25) is 0 Å². The minimum absolute atomic E-state index is 0.0651. The maximum absolute atomic E-state index is 13.8. The number of benzene rings is 1. The molecule has 2 rings (SSSR count). The Kier molecular flexibility index (Phi) is 3.32. The van der Waals surface area contributed by atoms with Gasteiger partial charge in [-0.1, -0.05) is 0 Å². The van der Waals surface area contributed by atoms with E-state index in [9.17, 15) is 4.39 Å². The summed E-state index contributed by atoms with van der Waals surface area (Å²) in [6.07, 6.45) is 4.23. The normalized spacial score (nSPS) is 20.9. The van der Waals surface area contributed by atoms with Gasteiger partial charge in [0.2, 0.25) is 0 Å². The van der Waals surface area contributed by atoms with Crippen LogP contribution in [0.3, 0.4) is 0 Å². The van der Waals surface area contributed by atoms with Gasteiger partial charge in [-0.25, -0.2) is 4.39 Å². The first-order chi connectivity index (χ1) is 7.22. The molecule has 1 aromatic rings. The van der Waals surface area contributed by atoms with Crippen molar-refractivity contribution in [1.82, 2.24) is 5.32 Å². The molecule has 3 heteroatoms. The van der Waals surface area contributed by atoms with Crippen LogP contribution < -0.4 is 5.32 Å². The van der Waals surface area contributed by atoms with Crippen molar-refractivity contribution in [3.63, 3.8) is 0 Å². The Balaban J connectivity index is 2.37. The van der Waals surface area contributed by atoms with Gasteiger partial charge in [-0.2, -0.15) is 0 Å². The summed E-state index contributed by atoms with van der Waals surface area (Å²) in [5, 5.41) is 3.34. The Morgan fingerprint density at radius 3 is 2.87 bits per heavy atom. The van der Waals surface area contributed by atoms with Crippen molar-refractivity contribution in [3.05, 3.63) is 29.1 Å². The Morgan fingerprint density at radius 1 is 1.47 bits per heavy atom. The Hall–Kier alpha value is -0.540. The summed E-state index contributed by atoms with van der Waals surface area (Å²) in [4.78, 5) is 1.18. The molecule has 0 amide bonds. The lowest BCUT2D eigenvalue weighted by Gasteiger charge is -2.14. The first-order valence-corrected chi connectivity index (χ1v) is 6.52. The van der Waals surface area contributed by atoms with E-state index in [1.807, 2.05) is 19.2 Å². The molecule has 1 heterocycles. The zero-order valence-electron chi connectivity index (χ0n) is 9.14. The summed E-state index contributed by atoms with van der Waals surface area (Å²) in [7, 11) is 0. The molecule has 1 nitrogen and oxygen atoms in total. The van der Waals surface area contributed by atoms with Gasteiger partial charge >= 0.3 is 0 Å². The average molecular weight is 225 g/mol. The summed E-state index contributed by atoms with van der Waals surface area (Å²) < 4.78 is 13.8. The molecule has 1 saturated heterocycles.